The second-order valence-corrected chi connectivity index (χ2v) is 3.58. The Hall–Kier alpha value is -2.83. The third kappa shape index (κ3) is 2.89. The summed E-state index contributed by atoms with van der Waals surface area (Å²) in [6, 6.07) is 4.43. The lowest BCUT2D eigenvalue weighted by molar-refractivity contribution is 0.0698. The summed E-state index contributed by atoms with van der Waals surface area (Å²) in [6.07, 6.45) is 2.54. The first-order valence-corrected chi connectivity index (χ1v) is 5.19. The number of nitrogens with one attached hydrogen (secondary N) is 1. The molecule has 6 nitrogen and oxygen atoms in total. The van der Waals surface area contributed by atoms with Crippen molar-refractivity contribution in [1.82, 2.24) is 10.2 Å². The molecule has 0 aliphatic rings. The third-order valence-corrected chi connectivity index (χ3v) is 2.31. The topological polar surface area (TPSA) is 92.2 Å². The van der Waals surface area contributed by atoms with E-state index in [0.29, 0.717) is 0 Å². The van der Waals surface area contributed by atoms with Gasteiger partial charge in [-0.3, -0.25) is 4.79 Å². The minimum atomic E-state index is -1.26. The normalized spacial score (nSPS) is 9.95. The summed E-state index contributed by atoms with van der Waals surface area (Å²) in [5, 5.41) is 18.3. The lowest BCUT2D eigenvalue weighted by Crippen LogP contribution is -2.15. The molecule has 0 bridgehead atoms. The van der Waals surface area contributed by atoms with Crippen LogP contribution in [0.4, 0.5) is 10.1 Å². The van der Waals surface area contributed by atoms with Crippen LogP contribution in [0.25, 0.3) is 0 Å². The van der Waals surface area contributed by atoms with Crippen LogP contribution in [0.2, 0.25) is 0 Å². The van der Waals surface area contributed by atoms with Gasteiger partial charge in [0.05, 0.1) is 29.2 Å². The zero-order valence-corrected chi connectivity index (χ0v) is 9.50. The van der Waals surface area contributed by atoms with Crippen LogP contribution in [0.5, 0.6) is 0 Å². The summed E-state index contributed by atoms with van der Waals surface area (Å²) in [4.78, 5) is 22.8. The zero-order chi connectivity index (χ0) is 13.8. The first-order valence-electron chi connectivity index (χ1n) is 5.19. The quantitative estimate of drug-likeness (QED) is 0.874. The summed E-state index contributed by atoms with van der Waals surface area (Å²) in [5.74, 6) is -2.50. The maximum atomic E-state index is 13.1. The molecule has 0 saturated heterocycles. The second kappa shape index (κ2) is 5.21. The number of hydrogen-bond donors (Lipinski definition) is 2. The van der Waals surface area contributed by atoms with E-state index in [1.165, 1.54) is 18.5 Å². The number of amides is 1. The van der Waals surface area contributed by atoms with Crippen molar-refractivity contribution in [3.63, 3.8) is 0 Å². The highest BCUT2D eigenvalue weighted by atomic mass is 19.1. The fraction of sp³-hybridized carbons (Fsp3) is 0. The van der Waals surface area contributed by atoms with Crippen molar-refractivity contribution < 1.29 is 19.1 Å². The van der Waals surface area contributed by atoms with Crippen LogP contribution in [-0.2, 0) is 0 Å². The number of carboxylic acid groups (broad SMARTS) is 1. The van der Waals surface area contributed by atoms with Crippen LogP contribution < -0.4 is 5.32 Å². The smallest absolute Gasteiger partial charge is 0.337 e. The number of hydrogen-bond acceptors (Lipinski definition) is 4. The lowest BCUT2D eigenvalue weighted by atomic mass is 10.1. The van der Waals surface area contributed by atoms with Crippen LogP contribution in [-0.4, -0.2) is 27.2 Å². The van der Waals surface area contributed by atoms with E-state index in [2.05, 4.69) is 15.5 Å². The number of rotatable bonds is 3. The van der Waals surface area contributed by atoms with Crippen molar-refractivity contribution in [2.75, 3.05) is 5.32 Å². The van der Waals surface area contributed by atoms with Gasteiger partial charge in [-0.2, -0.15) is 10.2 Å². The molecule has 0 aliphatic carbocycles. The minimum Gasteiger partial charge on any atom is -0.478 e. The van der Waals surface area contributed by atoms with Crippen LogP contribution >= 0.6 is 0 Å². The Morgan fingerprint density at radius 3 is 2.63 bits per heavy atom. The highest BCUT2D eigenvalue weighted by molar-refractivity contribution is 6.07. The van der Waals surface area contributed by atoms with Crippen molar-refractivity contribution in [1.29, 1.82) is 0 Å². The van der Waals surface area contributed by atoms with Gasteiger partial charge in [0.15, 0.2) is 0 Å². The Morgan fingerprint density at radius 1 is 1.21 bits per heavy atom. The van der Waals surface area contributed by atoms with Gasteiger partial charge < -0.3 is 10.4 Å². The summed E-state index contributed by atoms with van der Waals surface area (Å²) in [7, 11) is 0. The number of carbonyl (C=O) groups excluding carboxylic acids is 1. The Morgan fingerprint density at radius 2 is 2.00 bits per heavy atom. The first kappa shape index (κ1) is 12.6. The zero-order valence-electron chi connectivity index (χ0n) is 9.50. The molecule has 0 unspecified atom stereocenters. The Kier molecular flexibility index (Phi) is 3.46. The van der Waals surface area contributed by atoms with E-state index in [9.17, 15) is 14.0 Å². The van der Waals surface area contributed by atoms with Crippen molar-refractivity contribution in [3.8, 4) is 0 Å². The number of anilines is 1. The first-order chi connectivity index (χ1) is 9.08. The van der Waals surface area contributed by atoms with Crippen molar-refractivity contribution in [2.24, 2.45) is 0 Å². The van der Waals surface area contributed by atoms with Gasteiger partial charge in [0.1, 0.15) is 5.82 Å². The van der Waals surface area contributed by atoms with E-state index in [4.69, 9.17) is 5.11 Å². The number of nitrogens with zero attached hydrogens (tertiary/aromatic N) is 2. The van der Waals surface area contributed by atoms with Crippen molar-refractivity contribution in [3.05, 3.63) is 53.6 Å². The van der Waals surface area contributed by atoms with E-state index in [-0.39, 0.29) is 16.8 Å². The summed E-state index contributed by atoms with van der Waals surface area (Å²) in [5.41, 5.74) is -0.123. The molecule has 0 radical (unpaired) electrons. The Balaban J connectivity index is 2.31. The number of carboxylic acids is 1. The van der Waals surface area contributed by atoms with E-state index < -0.39 is 17.7 Å². The van der Waals surface area contributed by atoms with Gasteiger partial charge in [0.2, 0.25) is 0 Å². The number of aromatic nitrogens is 2. The SMILES string of the molecule is O=C(Nc1cc(F)ccc1C(=O)O)c1ccnnc1. The number of carbonyl (C=O) groups is 2. The molecule has 1 aromatic carbocycles. The molecule has 2 N–H and O–H groups in total. The van der Waals surface area contributed by atoms with E-state index >= 15 is 0 Å². The number of halogens is 1. The Labute approximate surface area is 106 Å². The predicted octanol–water partition coefficient (Wildman–Crippen LogP) is 1.57. The molecule has 0 atom stereocenters. The van der Waals surface area contributed by atoms with Gasteiger partial charge in [-0.1, -0.05) is 0 Å². The molecule has 1 heterocycles. The molecule has 0 fully saturated rings. The van der Waals surface area contributed by atoms with Crippen LogP contribution in [0.3, 0.4) is 0 Å². The molecular formula is C12H8FN3O3. The monoisotopic (exact) mass is 261 g/mol. The summed E-state index contributed by atoms with van der Waals surface area (Å²) >= 11 is 0. The standard InChI is InChI=1S/C12H8FN3O3/c13-8-1-2-9(12(18)19)10(5-8)16-11(17)7-3-4-14-15-6-7/h1-6H,(H,16,17)(H,18,19). The average molecular weight is 261 g/mol. The third-order valence-electron chi connectivity index (χ3n) is 2.31. The largest absolute Gasteiger partial charge is 0.478 e. The van der Waals surface area contributed by atoms with Crippen LogP contribution in [0.15, 0.2) is 36.7 Å². The van der Waals surface area contributed by atoms with Gasteiger partial charge in [-0.15, -0.1) is 0 Å². The molecule has 1 aromatic heterocycles. The Bertz CT molecular complexity index is 631. The van der Waals surface area contributed by atoms with Crippen LogP contribution in [0.1, 0.15) is 20.7 Å². The predicted molar refractivity (Wildman–Crippen MR) is 63.3 cm³/mol. The average Bonchev–Trinajstić information content (AvgIpc) is 2.39. The molecule has 0 saturated carbocycles. The molecule has 2 rings (SSSR count). The van der Waals surface area contributed by atoms with Gasteiger partial charge in [-0.05, 0) is 24.3 Å². The molecular weight excluding hydrogens is 253 g/mol. The van der Waals surface area contributed by atoms with Crippen molar-refractivity contribution in [2.45, 2.75) is 0 Å². The fourth-order valence-electron chi connectivity index (χ4n) is 1.43. The highest BCUT2D eigenvalue weighted by Gasteiger charge is 2.14. The molecule has 7 heteroatoms. The number of aromatic carboxylic acids is 1. The van der Waals surface area contributed by atoms with Crippen LogP contribution in [0, 0.1) is 5.82 Å². The molecule has 96 valence electrons. The maximum absolute atomic E-state index is 13.1. The number of benzene rings is 1. The highest BCUT2D eigenvalue weighted by Crippen LogP contribution is 2.18. The van der Waals surface area contributed by atoms with Gasteiger partial charge >= 0.3 is 5.97 Å². The molecule has 1 amide bonds. The fourth-order valence-corrected chi connectivity index (χ4v) is 1.43. The molecule has 19 heavy (non-hydrogen) atoms. The van der Waals surface area contributed by atoms with E-state index in [1.807, 2.05) is 0 Å². The molecule has 0 aliphatic heterocycles. The van der Waals surface area contributed by atoms with Gasteiger partial charge in [-0.25, -0.2) is 9.18 Å². The van der Waals surface area contributed by atoms with Crippen molar-refractivity contribution >= 4 is 17.6 Å². The second-order valence-electron chi connectivity index (χ2n) is 3.58. The summed E-state index contributed by atoms with van der Waals surface area (Å²) in [6.45, 7) is 0. The van der Waals surface area contributed by atoms with Gasteiger partial charge in [0.25, 0.3) is 5.91 Å². The summed E-state index contributed by atoms with van der Waals surface area (Å²) < 4.78 is 13.1. The lowest BCUT2D eigenvalue weighted by Gasteiger charge is -2.08. The maximum Gasteiger partial charge on any atom is 0.337 e. The van der Waals surface area contributed by atoms with E-state index in [1.54, 1.807) is 0 Å². The van der Waals surface area contributed by atoms with E-state index in [0.717, 1.165) is 18.2 Å². The van der Waals surface area contributed by atoms with Gasteiger partial charge in [0, 0.05) is 0 Å². The molecule has 2 aromatic rings. The molecule has 0 spiro atoms. The minimum absolute atomic E-state index is 0.116.